The second kappa shape index (κ2) is 6.09. The van der Waals surface area contributed by atoms with Crippen LogP contribution in [0.15, 0.2) is 24.3 Å². The predicted molar refractivity (Wildman–Crippen MR) is 64.4 cm³/mol. The number of halogens is 3. The van der Waals surface area contributed by atoms with Crippen LogP contribution >= 0.6 is 0 Å². The number of hydrogen-bond donors (Lipinski definition) is 1. The van der Waals surface area contributed by atoms with Gasteiger partial charge in [0.1, 0.15) is 5.75 Å². The normalized spacial score (nSPS) is 15.2. The minimum absolute atomic E-state index is 0.135. The van der Waals surface area contributed by atoms with Gasteiger partial charge in [-0.05, 0) is 19.0 Å². The molecule has 1 rings (SSSR count). The molecule has 0 radical (unpaired) electrons. The topological polar surface area (TPSA) is 21.3 Å². The third kappa shape index (κ3) is 3.91. The summed E-state index contributed by atoms with van der Waals surface area (Å²) in [6, 6.07) is 6.09. The van der Waals surface area contributed by atoms with E-state index in [-0.39, 0.29) is 17.7 Å². The van der Waals surface area contributed by atoms with Crippen LogP contribution in [0.3, 0.4) is 0 Å². The number of rotatable bonds is 5. The van der Waals surface area contributed by atoms with Gasteiger partial charge in [-0.1, -0.05) is 38.5 Å². The zero-order valence-corrected chi connectivity index (χ0v) is 10.7. The highest BCUT2D eigenvalue weighted by Crippen LogP contribution is 2.34. The van der Waals surface area contributed by atoms with E-state index in [4.69, 9.17) is 0 Å². The summed E-state index contributed by atoms with van der Waals surface area (Å²) in [7, 11) is 1.74. The first-order valence-corrected chi connectivity index (χ1v) is 5.91. The Kier molecular flexibility index (Phi) is 5.02. The molecule has 2 unspecified atom stereocenters. The molecule has 0 aliphatic heterocycles. The van der Waals surface area contributed by atoms with E-state index in [0.29, 0.717) is 5.56 Å². The van der Waals surface area contributed by atoms with Crippen molar-refractivity contribution in [1.29, 1.82) is 0 Å². The van der Waals surface area contributed by atoms with Crippen LogP contribution in [0.25, 0.3) is 0 Å². The SMILES string of the molecule is CCC(C)C(NC)c1ccccc1OC(F)(F)F. The molecule has 0 spiro atoms. The van der Waals surface area contributed by atoms with Gasteiger partial charge in [-0.15, -0.1) is 13.2 Å². The summed E-state index contributed by atoms with van der Waals surface area (Å²) in [6.45, 7) is 3.99. The Hall–Kier alpha value is -1.23. The van der Waals surface area contributed by atoms with Gasteiger partial charge < -0.3 is 10.1 Å². The summed E-state index contributed by atoms with van der Waals surface area (Å²) in [4.78, 5) is 0. The first-order valence-electron chi connectivity index (χ1n) is 5.91. The number of ether oxygens (including phenoxy) is 1. The van der Waals surface area contributed by atoms with Crippen LogP contribution < -0.4 is 10.1 Å². The molecule has 0 heterocycles. The maximum atomic E-state index is 12.3. The van der Waals surface area contributed by atoms with E-state index in [0.717, 1.165) is 6.42 Å². The van der Waals surface area contributed by atoms with Crippen molar-refractivity contribution in [3.63, 3.8) is 0 Å². The van der Waals surface area contributed by atoms with Gasteiger partial charge in [0.25, 0.3) is 0 Å². The molecule has 1 N–H and O–H groups in total. The average molecular weight is 261 g/mol. The van der Waals surface area contributed by atoms with Crippen LogP contribution in [-0.4, -0.2) is 13.4 Å². The van der Waals surface area contributed by atoms with Crippen molar-refractivity contribution in [1.82, 2.24) is 5.32 Å². The minimum Gasteiger partial charge on any atom is -0.405 e. The van der Waals surface area contributed by atoms with Crippen molar-refractivity contribution in [3.8, 4) is 5.75 Å². The smallest absolute Gasteiger partial charge is 0.405 e. The molecule has 0 saturated carbocycles. The molecule has 0 bridgehead atoms. The molecule has 0 fully saturated rings. The number of hydrogen-bond acceptors (Lipinski definition) is 2. The molecule has 0 amide bonds. The maximum absolute atomic E-state index is 12.3. The lowest BCUT2D eigenvalue weighted by molar-refractivity contribution is -0.275. The highest BCUT2D eigenvalue weighted by molar-refractivity contribution is 5.36. The summed E-state index contributed by atoms with van der Waals surface area (Å²) in [6.07, 6.45) is -3.80. The van der Waals surface area contributed by atoms with E-state index in [1.54, 1.807) is 19.2 Å². The molecule has 1 aromatic rings. The van der Waals surface area contributed by atoms with E-state index in [1.807, 2.05) is 13.8 Å². The second-order valence-corrected chi connectivity index (χ2v) is 4.24. The molecule has 102 valence electrons. The molecule has 0 aliphatic rings. The van der Waals surface area contributed by atoms with Crippen molar-refractivity contribution in [2.24, 2.45) is 5.92 Å². The molecular formula is C13H18F3NO. The zero-order chi connectivity index (χ0) is 13.8. The van der Waals surface area contributed by atoms with E-state index in [1.165, 1.54) is 12.1 Å². The minimum atomic E-state index is -4.66. The van der Waals surface area contributed by atoms with Gasteiger partial charge in [0.2, 0.25) is 0 Å². The third-order valence-electron chi connectivity index (χ3n) is 3.00. The van der Waals surface area contributed by atoms with Crippen molar-refractivity contribution < 1.29 is 17.9 Å². The van der Waals surface area contributed by atoms with Crippen molar-refractivity contribution in [2.45, 2.75) is 32.7 Å². The lowest BCUT2D eigenvalue weighted by Gasteiger charge is -2.25. The van der Waals surface area contributed by atoms with E-state index >= 15 is 0 Å². The van der Waals surface area contributed by atoms with E-state index < -0.39 is 6.36 Å². The number of alkyl halides is 3. The standard InChI is InChI=1S/C13H18F3NO/c1-4-9(2)12(17-3)10-7-5-6-8-11(10)18-13(14,15)16/h5-9,12,17H,4H2,1-3H3. The molecule has 1 aromatic carbocycles. The Morgan fingerprint density at radius 2 is 1.89 bits per heavy atom. The van der Waals surface area contributed by atoms with Gasteiger partial charge in [0.15, 0.2) is 0 Å². The summed E-state index contributed by atoms with van der Waals surface area (Å²) >= 11 is 0. The van der Waals surface area contributed by atoms with E-state index in [9.17, 15) is 13.2 Å². The van der Waals surface area contributed by atoms with Crippen molar-refractivity contribution >= 4 is 0 Å². The van der Waals surface area contributed by atoms with Gasteiger partial charge in [-0.2, -0.15) is 0 Å². The highest BCUT2D eigenvalue weighted by atomic mass is 19.4. The van der Waals surface area contributed by atoms with Crippen LogP contribution in [0.4, 0.5) is 13.2 Å². The van der Waals surface area contributed by atoms with Crippen LogP contribution in [0, 0.1) is 5.92 Å². The lowest BCUT2D eigenvalue weighted by atomic mass is 9.92. The summed E-state index contributed by atoms with van der Waals surface area (Å²) in [5, 5.41) is 3.05. The van der Waals surface area contributed by atoms with Gasteiger partial charge in [-0.25, -0.2) is 0 Å². The maximum Gasteiger partial charge on any atom is 0.573 e. The summed E-state index contributed by atoms with van der Waals surface area (Å²) in [5.74, 6) is 0.0811. The van der Waals surface area contributed by atoms with Crippen LogP contribution in [0.5, 0.6) is 5.75 Å². The van der Waals surface area contributed by atoms with Crippen molar-refractivity contribution in [2.75, 3.05) is 7.05 Å². The molecule has 0 aromatic heterocycles. The average Bonchev–Trinajstić information content (AvgIpc) is 2.30. The number of para-hydroxylation sites is 1. The fourth-order valence-electron chi connectivity index (χ4n) is 1.94. The van der Waals surface area contributed by atoms with Crippen LogP contribution in [-0.2, 0) is 0 Å². The Balaban J connectivity index is 3.07. The quantitative estimate of drug-likeness (QED) is 0.868. The first kappa shape index (κ1) is 14.8. The Morgan fingerprint density at radius 1 is 1.28 bits per heavy atom. The van der Waals surface area contributed by atoms with E-state index in [2.05, 4.69) is 10.1 Å². The predicted octanol–water partition coefficient (Wildman–Crippen LogP) is 3.89. The molecule has 5 heteroatoms. The highest BCUT2D eigenvalue weighted by Gasteiger charge is 2.33. The van der Waals surface area contributed by atoms with Gasteiger partial charge >= 0.3 is 6.36 Å². The third-order valence-corrected chi connectivity index (χ3v) is 3.00. The lowest BCUT2D eigenvalue weighted by Crippen LogP contribution is -2.25. The Morgan fingerprint density at radius 3 is 2.39 bits per heavy atom. The van der Waals surface area contributed by atoms with Gasteiger partial charge in [0, 0.05) is 11.6 Å². The number of nitrogens with one attached hydrogen (secondary N) is 1. The Labute approximate surface area is 105 Å². The van der Waals surface area contributed by atoms with Crippen molar-refractivity contribution in [3.05, 3.63) is 29.8 Å². The Bertz CT molecular complexity index is 379. The molecule has 2 nitrogen and oxygen atoms in total. The van der Waals surface area contributed by atoms with Gasteiger partial charge in [0.05, 0.1) is 0 Å². The summed E-state index contributed by atoms with van der Waals surface area (Å²) in [5.41, 5.74) is 0.534. The molecule has 0 saturated heterocycles. The fraction of sp³-hybridized carbons (Fsp3) is 0.538. The largest absolute Gasteiger partial charge is 0.573 e. The van der Waals surface area contributed by atoms with Gasteiger partial charge in [-0.3, -0.25) is 0 Å². The fourth-order valence-corrected chi connectivity index (χ4v) is 1.94. The van der Waals surface area contributed by atoms with Crippen LogP contribution in [0.1, 0.15) is 31.9 Å². The summed E-state index contributed by atoms with van der Waals surface area (Å²) < 4.78 is 41.1. The van der Waals surface area contributed by atoms with Crippen LogP contribution in [0.2, 0.25) is 0 Å². The number of benzene rings is 1. The monoisotopic (exact) mass is 261 g/mol. The molecule has 2 atom stereocenters. The second-order valence-electron chi connectivity index (χ2n) is 4.24. The molecular weight excluding hydrogens is 243 g/mol. The first-order chi connectivity index (χ1) is 8.39. The molecule has 18 heavy (non-hydrogen) atoms. The molecule has 0 aliphatic carbocycles. The zero-order valence-electron chi connectivity index (χ0n) is 10.7.